The van der Waals surface area contributed by atoms with Crippen molar-refractivity contribution in [1.82, 2.24) is 5.43 Å². The Hall–Kier alpha value is -1.06. The summed E-state index contributed by atoms with van der Waals surface area (Å²) in [6.07, 6.45) is 6.90. The van der Waals surface area contributed by atoms with E-state index in [-0.39, 0.29) is 0 Å². The lowest BCUT2D eigenvalue weighted by molar-refractivity contribution is 0.129. The average molecular weight is 223 g/mol. The summed E-state index contributed by atoms with van der Waals surface area (Å²) in [6.45, 7) is 4.74. The molecule has 0 spiro atoms. The summed E-state index contributed by atoms with van der Waals surface area (Å²) in [5.41, 5.74) is 7.62. The Morgan fingerprint density at radius 1 is 1.56 bits per heavy atom. The highest BCUT2D eigenvalue weighted by Gasteiger charge is 2.51. The fourth-order valence-electron chi connectivity index (χ4n) is 3.74. The van der Waals surface area contributed by atoms with Crippen molar-refractivity contribution in [2.45, 2.75) is 39.5 Å². The Morgan fingerprint density at radius 2 is 2.31 bits per heavy atom. The van der Waals surface area contributed by atoms with E-state index in [1.54, 1.807) is 6.21 Å². The van der Waals surface area contributed by atoms with Gasteiger partial charge in [0, 0.05) is 6.21 Å². The Bertz CT molecular complexity index is 311. The Morgan fingerprint density at radius 3 is 2.88 bits per heavy atom. The molecular formula is C12H21N3O. The van der Waals surface area contributed by atoms with E-state index in [1.165, 1.54) is 19.3 Å². The zero-order valence-corrected chi connectivity index (χ0v) is 10.1. The zero-order chi connectivity index (χ0) is 11.8. The smallest absolute Gasteiger partial charge is 0.332 e. The van der Waals surface area contributed by atoms with Crippen LogP contribution >= 0.6 is 0 Å². The van der Waals surface area contributed by atoms with Gasteiger partial charge in [0.15, 0.2) is 0 Å². The minimum absolute atomic E-state index is 0.432. The SMILES string of the molecule is CC1(C)[C@@H]2CC[C@@H](C2)[C@H]1C/C=N\NC(N)=O. The highest BCUT2D eigenvalue weighted by atomic mass is 16.2. The second kappa shape index (κ2) is 4.07. The molecule has 0 aromatic rings. The highest BCUT2D eigenvalue weighted by Crippen LogP contribution is 2.60. The fourth-order valence-corrected chi connectivity index (χ4v) is 3.74. The van der Waals surface area contributed by atoms with Crippen LogP contribution in [0, 0.1) is 23.2 Å². The molecule has 0 aromatic heterocycles. The molecule has 2 rings (SSSR count). The van der Waals surface area contributed by atoms with Gasteiger partial charge in [0.2, 0.25) is 0 Å². The lowest BCUT2D eigenvalue weighted by Gasteiger charge is -2.37. The first-order valence-electron chi connectivity index (χ1n) is 6.08. The van der Waals surface area contributed by atoms with Crippen molar-refractivity contribution in [3.8, 4) is 0 Å². The molecule has 2 aliphatic rings. The molecule has 3 N–H and O–H groups in total. The van der Waals surface area contributed by atoms with Gasteiger partial charge in [0.25, 0.3) is 0 Å². The van der Waals surface area contributed by atoms with Crippen LogP contribution in [0.25, 0.3) is 0 Å². The van der Waals surface area contributed by atoms with Gasteiger partial charge in [0.1, 0.15) is 0 Å². The number of nitrogens with one attached hydrogen (secondary N) is 1. The van der Waals surface area contributed by atoms with E-state index in [9.17, 15) is 4.79 Å². The summed E-state index contributed by atoms with van der Waals surface area (Å²) in [5.74, 6) is 2.46. The van der Waals surface area contributed by atoms with Crippen LogP contribution in [0.3, 0.4) is 0 Å². The van der Waals surface area contributed by atoms with Gasteiger partial charge < -0.3 is 5.73 Å². The normalized spacial score (nSPS) is 35.8. The van der Waals surface area contributed by atoms with Gasteiger partial charge in [-0.05, 0) is 48.9 Å². The summed E-state index contributed by atoms with van der Waals surface area (Å²) in [4.78, 5) is 10.4. The van der Waals surface area contributed by atoms with Crippen molar-refractivity contribution in [3.63, 3.8) is 0 Å². The molecule has 0 radical (unpaired) electrons. The van der Waals surface area contributed by atoms with Gasteiger partial charge in [-0.1, -0.05) is 13.8 Å². The maximum Gasteiger partial charge on any atom is 0.332 e. The number of hydrogen-bond acceptors (Lipinski definition) is 2. The standard InChI is InChI=1S/C12H21N3O/c1-12(2)9-4-3-8(7-9)10(12)5-6-14-15-11(13)16/h6,8-10H,3-5,7H2,1-2H3,(H3,13,15,16)/b14-6-/t8-,9+,10+/m0/s1. The molecule has 2 amide bonds. The molecule has 0 unspecified atom stereocenters. The number of fused-ring (bicyclic) bond motifs is 2. The third kappa shape index (κ3) is 1.93. The van der Waals surface area contributed by atoms with Gasteiger partial charge in [-0.2, -0.15) is 5.10 Å². The maximum atomic E-state index is 10.4. The zero-order valence-electron chi connectivity index (χ0n) is 10.1. The Labute approximate surface area is 96.7 Å². The summed E-state index contributed by atoms with van der Waals surface area (Å²) < 4.78 is 0. The minimum atomic E-state index is -0.594. The van der Waals surface area contributed by atoms with Crippen LogP contribution in [0.1, 0.15) is 39.5 Å². The molecule has 2 saturated carbocycles. The molecule has 2 aliphatic carbocycles. The van der Waals surface area contributed by atoms with E-state index < -0.39 is 6.03 Å². The molecule has 4 heteroatoms. The lowest BCUT2D eigenvalue weighted by Crippen LogP contribution is -2.31. The van der Waals surface area contributed by atoms with Gasteiger partial charge in [-0.3, -0.25) is 0 Å². The summed E-state index contributed by atoms with van der Waals surface area (Å²) >= 11 is 0. The largest absolute Gasteiger partial charge is 0.350 e. The van der Waals surface area contributed by atoms with Crippen LogP contribution in [-0.2, 0) is 0 Å². The lowest BCUT2D eigenvalue weighted by atomic mass is 9.68. The van der Waals surface area contributed by atoms with Crippen LogP contribution in [0.4, 0.5) is 4.79 Å². The number of hydrazone groups is 1. The number of hydrogen-bond donors (Lipinski definition) is 2. The van der Waals surface area contributed by atoms with E-state index >= 15 is 0 Å². The molecule has 2 bridgehead atoms. The first-order valence-corrected chi connectivity index (χ1v) is 6.08. The highest BCUT2D eigenvalue weighted by molar-refractivity contribution is 5.72. The molecule has 0 aliphatic heterocycles. The number of nitrogens with two attached hydrogens (primary N) is 1. The van der Waals surface area contributed by atoms with E-state index in [2.05, 4.69) is 24.4 Å². The van der Waals surface area contributed by atoms with Gasteiger partial charge >= 0.3 is 6.03 Å². The molecule has 3 atom stereocenters. The van der Waals surface area contributed by atoms with E-state index in [4.69, 9.17) is 5.73 Å². The third-order valence-corrected chi connectivity index (χ3v) is 4.68. The number of rotatable bonds is 3. The monoisotopic (exact) mass is 223 g/mol. The number of urea groups is 1. The van der Waals surface area contributed by atoms with Gasteiger partial charge in [-0.15, -0.1) is 0 Å². The molecule has 0 saturated heterocycles. The van der Waals surface area contributed by atoms with Crippen LogP contribution in [0.15, 0.2) is 5.10 Å². The number of carbonyl (C=O) groups is 1. The number of primary amides is 1. The second-order valence-electron chi connectivity index (χ2n) is 5.72. The first-order chi connectivity index (χ1) is 7.51. The van der Waals surface area contributed by atoms with Gasteiger partial charge in [-0.25, -0.2) is 10.2 Å². The molecule has 90 valence electrons. The Kier molecular flexibility index (Phi) is 2.91. The average Bonchev–Trinajstić information content (AvgIpc) is 2.72. The van der Waals surface area contributed by atoms with Crippen molar-refractivity contribution >= 4 is 12.2 Å². The molecule has 4 nitrogen and oxygen atoms in total. The summed E-state index contributed by atoms with van der Waals surface area (Å²) in [5, 5.41) is 3.83. The molecule has 0 aromatic carbocycles. The summed E-state index contributed by atoms with van der Waals surface area (Å²) in [6, 6.07) is -0.594. The van der Waals surface area contributed by atoms with Crippen molar-refractivity contribution in [2.75, 3.05) is 0 Å². The van der Waals surface area contributed by atoms with Crippen molar-refractivity contribution in [2.24, 2.45) is 34.0 Å². The first kappa shape index (κ1) is 11.4. The Balaban J connectivity index is 1.90. The van der Waals surface area contributed by atoms with Crippen molar-refractivity contribution < 1.29 is 4.79 Å². The van der Waals surface area contributed by atoms with Gasteiger partial charge in [0.05, 0.1) is 0 Å². The maximum absolute atomic E-state index is 10.4. The minimum Gasteiger partial charge on any atom is -0.350 e. The molecule has 16 heavy (non-hydrogen) atoms. The molecule has 2 fully saturated rings. The van der Waals surface area contributed by atoms with Crippen LogP contribution in [0.5, 0.6) is 0 Å². The van der Waals surface area contributed by atoms with Crippen LogP contribution < -0.4 is 11.2 Å². The quantitative estimate of drug-likeness (QED) is 0.558. The topological polar surface area (TPSA) is 67.5 Å². The van der Waals surface area contributed by atoms with Crippen LogP contribution in [0.2, 0.25) is 0 Å². The van der Waals surface area contributed by atoms with Crippen molar-refractivity contribution in [3.05, 3.63) is 0 Å². The number of amides is 2. The van der Waals surface area contributed by atoms with Crippen molar-refractivity contribution in [1.29, 1.82) is 0 Å². The fraction of sp³-hybridized carbons (Fsp3) is 0.833. The molecule has 0 heterocycles. The predicted octanol–water partition coefficient (Wildman–Crippen LogP) is 2.10. The number of carbonyl (C=O) groups excluding carboxylic acids is 1. The third-order valence-electron chi connectivity index (χ3n) is 4.68. The second-order valence-corrected chi connectivity index (χ2v) is 5.72. The number of nitrogens with zero attached hydrogens (tertiary/aromatic N) is 1. The van der Waals surface area contributed by atoms with E-state index in [1.807, 2.05) is 0 Å². The predicted molar refractivity (Wildman–Crippen MR) is 63.9 cm³/mol. The van der Waals surface area contributed by atoms with E-state index in [0.29, 0.717) is 11.3 Å². The van der Waals surface area contributed by atoms with E-state index in [0.717, 1.165) is 18.3 Å². The summed E-state index contributed by atoms with van der Waals surface area (Å²) in [7, 11) is 0. The van der Waals surface area contributed by atoms with Crippen LogP contribution in [-0.4, -0.2) is 12.2 Å². The molecular weight excluding hydrogens is 202 g/mol.